The summed E-state index contributed by atoms with van der Waals surface area (Å²) in [5, 5.41) is -0.828. The van der Waals surface area contributed by atoms with Gasteiger partial charge in [0.1, 0.15) is 0 Å². The molecule has 7 heteroatoms. The summed E-state index contributed by atoms with van der Waals surface area (Å²) in [5.74, 6) is -0.736. The Balaban J connectivity index is 3.21. The van der Waals surface area contributed by atoms with Gasteiger partial charge in [-0.05, 0) is 31.5 Å². The molecular formula is C13H16Cl2O4S. The number of sulfone groups is 1. The van der Waals surface area contributed by atoms with E-state index in [1.54, 1.807) is 13.8 Å². The summed E-state index contributed by atoms with van der Waals surface area (Å²) < 4.78 is 29.8. The molecule has 0 aliphatic heterocycles. The summed E-state index contributed by atoms with van der Waals surface area (Å²) >= 11 is 11.6. The van der Waals surface area contributed by atoms with Crippen LogP contribution >= 0.6 is 23.2 Å². The van der Waals surface area contributed by atoms with Crippen molar-refractivity contribution >= 4 is 39.0 Å². The second kappa shape index (κ2) is 7.29. The Morgan fingerprint density at radius 1 is 1.25 bits per heavy atom. The molecule has 0 aromatic heterocycles. The average Bonchev–Trinajstić information content (AvgIpc) is 2.39. The van der Waals surface area contributed by atoms with Crippen molar-refractivity contribution in [2.75, 3.05) is 6.61 Å². The van der Waals surface area contributed by atoms with Gasteiger partial charge in [-0.3, -0.25) is 4.79 Å². The topological polar surface area (TPSA) is 60.4 Å². The van der Waals surface area contributed by atoms with Crippen LogP contribution in [0.2, 0.25) is 10.0 Å². The number of rotatable bonds is 6. The Kier molecular flexibility index (Phi) is 6.30. The number of ether oxygens (including phenoxy) is 1. The highest BCUT2D eigenvalue weighted by Gasteiger charge is 2.34. The Morgan fingerprint density at radius 3 is 2.40 bits per heavy atom. The van der Waals surface area contributed by atoms with E-state index in [1.165, 1.54) is 18.2 Å². The Bertz CT molecular complexity index is 584. The smallest absolute Gasteiger partial charge is 0.324 e. The van der Waals surface area contributed by atoms with E-state index >= 15 is 0 Å². The fourth-order valence-corrected chi connectivity index (χ4v) is 3.81. The van der Waals surface area contributed by atoms with Crippen LogP contribution in [0.4, 0.5) is 0 Å². The van der Waals surface area contributed by atoms with Gasteiger partial charge in [-0.15, -0.1) is 0 Å². The molecule has 4 nitrogen and oxygen atoms in total. The van der Waals surface area contributed by atoms with Crippen LogP contribution in [-0.4, -0.2) is 26.2 Å². The highest BCUT2D eigenvalue weighted by molar-refractivity contribution is 7.92. The maximum atomic E-state index is 12.5. The van der Waals surface area contributed by atoms with Gasteiger partial charge < -0.3 is 4.74 Å². The van der Waals surface area contributed by atoms with E-state index < -0.39 is 21.1 Å². The molecule has 0 aliphatic carbocycles. The number of carbonyl (C=O) groups is 1. The van der Waals surface area contributed by atoms with Gasteiger partial charge in [0.2, 0.25) is 0 Å². The molecule has 0 aliphatic rings. The van der Waals surface area contributed by atoms with Crippen molar-refractivity contribution in [3.63, 3.8) is 0 Å². The van der Waals surface area contributed by atoms with E-state index in [1.807, 2.05) is 0 Å². The van der Waals surface area contributed by atoms with Crippen molar-refractivity contribution in [2.24, 2.45) is 0 Å². The molecule has 112 valence electrons. The number of benzene rings is 1. The van der Waals surface area contributed by atoms with Crippen molar-refractivity contribution in [3.8, 4) is 0 Å². The van der Waals surface area contributed by atoms with Crippen LogP contribution in [0.25, 0.3) is 0 Å². The van der Waals surface area contributed by atoms with Crippen LogP contribution in [0, 0.1) is 0 Å². The molecule has 0 saturated carbocycles. The minimum absolute atomic E-state index is 0.0293. The Morgan fingerprint density at radius 2 is 1.90 bits per heavy atom. The van der Waals surface area contributed by atoms with Crippen LogP contribution in [0.3, 0.4) is 0 Å². The molecule has 0 spiro atoms. The molecule has 1 unspecified atom stereocenters. The first-order valence-electron chi connectivity index (χ1n) is 6.20. The molecule has 0 heterocycles. The molecule has 0 N–H and O–H groups in total. The lowest BCUT2D eigenvalue weighted by Gasteiger charge is -2.16. The maximum absolute atomic E-state index is 12.5. The number of carbonyl (C=O) groups excluding carboxylic acids is 1. The third-order valence-electron chi connectivity index (χ3n) is 2.69. The van der Waals surface area contributed by atoms with E-state index in [9.17, 15) is 13.2 Å². The molecule has 1 aromatic rings. The van der Waals surface area contributed by atoms with Gasteiger partial charge in [0.25, 0.3) is 0 Å². The Labute approximate surface area is 128 Å². The summed E-state index contributed by atoms with van der Waals surface area (Å²) in [7, 11) is -3.84. The summed E-state index contributed by atoms with van der Waals surface area (Å²) in [4.78, 5) is 11.8. The molecule has 1 aromatic carbocycles. The minimum Gasteiger partial charge on any atom is -0.465 e. The van der Waals surface area contributed by atoms with Crippen LogP contribution in [-0.2, 0) is 19.4 Å². The van der Waals surface area contributed by atoms with Crippen LogP contribution in [0.5, 0.6) is 0 Å². The highest BCUT2D eigenvalue weighted by atomic mass is 35.5. The molecule has 0 saturated heterocycles. The van der Waals surface area contributed by atoms with Crippen molar-refractivity contribution in [3.05, 3.63) is 28.2 Å². The van der Waals surface area contributed by atoms with Gasteiger partial charge in [-0.25, -0.2) is 8.42 Å². The van der Waals surface area contributed by atoms with Crippen LogP contribution in [0.15, 0.2) is 23.1 Å². The van der Waals surface area contributed by atoms with E-state index in [2.05, 4.69) is 0 Å². The van der Waals surface area contributed by atoms with Gasteiger partial charge in [0.05, 0.1) is 21.5 Å². The number of esters is 1. The zero-order valence-corrected chi connectivity index (χ0v) is 13.6. The SMILES string of the molecule is CCCC(C(=O)OCC)S(=O)(=O)c1ccc(Cl)c(Cl)c1. The number of halogens is 2. The van der Waals surface area contributed by atoms with Gasteiger partial charge in [0.15, 0.2) is 15.1 Å². The molecule has 0 amide bonds. The third-order valence-corrected chi connectivity index (χ3v) is 5.52. The number of hydrogen-bond acceptors (Lipinski definition) is 4. The molecule has 1 atom stereocenters. The summed E-state index contributed by atoms with van der Waals surface area (Å²) in [5.41, 5.74) is 0. The van der Waals surface area contributed by atoms with Crippen molar-refractivity contribution in [1.82, 2.24) is 0 Å². The normalized spacial score (nSPS) is 13.0. The highest BCUT2D eigenvalue weighted by Crippen LogP contribution is 2.28. The van der Waals surface area contributed by atoms with Crippen LogP contribution < -0.4 is 0 Å². The second-order valence-corrected chi connectivity index (χ2v) is 7.10. The monoisotopic (exact) mass is 338 g/mol. The van der Waals surface area contributed by atoms with E-state index in [-0.39, 0.29) is 28.0 Å². The van der Waals surface area contributed by atoms with E-state index in [0.717, 1.165) is 0 Å². The Hall–Kier alpha value is -0.780. The lowest BCUT2D eigenvalue weighted by molar-refractivity contribution is -0.142. The number of hydrogen-bond donors (Lipinski definition) is 0. The van der Waals surface area contributed by atoms with Gasteiger partial charge >= 0.3 is 5.97 Å². The summed E-state index contributed by atoms with van der Waals surface area (Å²) in [6, 6.07) is 3.98. The molecule has 0 bridgehead atoms. The lowest BCUT2D eigenvalue weighted by Crippen LogP contribution is -2.32. The predicted octanol–water partition coefficient (Wildman–Crippen LogP) is 3.50. The zero-order chi connectivity index (χ0) is 15.3. The molecule has 0 radical (unpaired) electrons. The summed E-state index contributed by atoms with van der Waals surface area (Å²) in [6.45, 7) is 3.57. The minimum atomic E-state index is -3.84. The molecule has 1 rings (SSSR count). The standard InChI is InChI=1S/C13H16Cl2O4S/c1-3-5-12(13(16)19-4-2)20(17,18)9-6-7-10(14)11(15)8-9/h6-8,12H,3-5H2,1-2H3. The van der Waals surface area contributed by atoms with Crippen LogP contribution in [0.1, 0.15) is 26.7 Å². The van der Waals surface area contributed by atoms with E-state index in [0.29, 0.717) is 6.42 Å². The fourth-order valence-electron chi connectivity index (χ4n) is 1.72. The first kappa shape index (κ1) is 17.3. The largest absolute Gasteiger partial charge is 0.465 e. The quantitative estimate of drug-likeness (QED) is 0.744. The fraction of sp³-hybridized carbons (Fsp3) is 0.462. The molecular weight excluding hydrogens is 323 g/mol. The van der Waals surface area contributed by atoms with E-state index in [4.69, 9.17) is 27.9 Å². The van der Waals surface area contributed by atoms with Gasteiger partial charge in [0, 0.05) is 0 Å². The third kappa shape index (κ3) is 3.87. The second-order valence-electron chi connectivity index (χ2n) is 4.15. The molecule has 0 fully saturated rings. The van der Waals surface area contributed by atoms with Gasteiger partial charge in [-0.2, -0.15) is 0 Å². The first-order valence-corrected chi connectivity index (χ1v) is 8.50. The van der Waals surface area contributed by atoms with Crippen molar-refractivity contribution < 1.29 is 17.9 Å². The zero-order valence-electron chi connectivity index (χ0n) is 11.2. The average molecular weight is 339 g/mol. The van der Waals surface area contributed by atoms with Gasteiger partial charge in [-0.1, -0.05) is 36.5 Å². The van der Waals surface area contributed by atoms with Crippen molar-refractivity contribution in [1.29, 1.82) is 0 Å². The lowest BCUT2D eigenvalue weighted by atomic mass is 10.2. The predicted molar refractivity (Wildman–Crippen MR) is 79.0 cm³/mol. The molecule has 20 heavy (non-hydrogen) atoms. The first-order chi connectivity index (χ1) is 9.34. The van der Waals surface area contributed by atoms with Crippen molar-refractivity contribution in [2.45, 2.75) is 36.8 Å². The summed E-state index contributed by atoms with van der Waals surface area (Å²) in [6.07, 6.45) is 0.742. The maximum Gasteiger partial charge on any atom is 0.324 e.